The van der Waals surface area contributed by atoms with Crippen LogP contribution in [-0.2, 0) is 9.53 Å². The molecule has 0 saturated heterocycles. The molecule has 0 bridgehead atoms. The summed E-state index contributed by atoms with van der Waals surface area (Å²) in [6.07, 6.45) is 3.82. The molecule has 15 heavy (non-hydrogen) atoms. The lowest BCUT2D eigenvalue weighted by Crippen LogP contribution is -2.55. The number of carbonyl (C=O) groups is 1. The summed E-state index contributed by atoms with van der Waals surface area (Å²) in [6.45, 7) is 2.47. The molecule has 5 heteroatoms. The third-order valence-corrected chi connectivity index (χ3v) is 3.14. The van der Waals surface area contributed by atoms with Crippen LogP contribution in [-0.4, -0.2) is 29.6 Å². The summed E-state index contributed by atoms with van der Waals surface area (Å²) in [5, 5.41) is 2.90. The number of carbonyl (C=O) groups excluding carboxylic acids is 1. The van der Waals surface area contributed by atoms with Gasteiger partial charge in [0.2, 0.25) is 5.91 Å². The number of ether oxygens (including phenoxy) is 1. The Morgan fingerprint density at radius 2 is 2.13 bits per heavy atom. The fourth-order valence-electron chi connectivity index (χ4n) is 1.91. The molecular formula is C10H18N2O2S. The fraction of sp³-hybridized carbons (Fsp3) is 0.800. The zero-order valence-electron chi connectivity index (χ0n) is 9.04. The van der Waals surface area contributed by atoms with Crippen LogP contribution in [0.1, 0.15) is 32.6 Å². The van der Waals surface area contributed by atoms with Gasteiger partial charge < -0.3 is 15.8 Å². The third-order valence-electron chi connectivity index (χ3n) is 2.74. The van der Waals surface area contributed by atoms with Crippen LogP contribution in [0.15, 0.2) is 0 Å². The molecule has 0 aliphatic heterocycles. The predicted octanol–water partition coefficient (Wildman–Crippen LogP) is 0.738. The van der Waals surface area contributed by atoms with Crippen LogP contribution in [0.4, 0.5) is 0 Å². The van der Waals surface area contributed by atoms with Gasteiger partial charge in [0.15, 0.2) is 0 Å². The van der Waals surface area contributed by atoms with Crippen LogP contribution in [0.2, 0.25) is 0 Å². The van der Waals surface area contributed by atoms with Gasteiger partial charge in [0.05, 0.1) is 10.5 Å². The standard InChI is InChI=1S/C10H18N2O2S/c1-2-14-7-8(13)12-10(9(11)15)5-3-4-6-10/h2-7H2,1H3,(H2,11,15)(H,12,13). The van der Waals surface area contributed by atoms with Crippen molar-refractivity contribution < 1.29 is 9.53 Å². The molecule has 1 aliphatic rings. The van der Waals surface area contributed by atoms with Gasteiger partial charge >= 0.3 is 0 Å². The van der Waals surface area contributed by atoms with Crippen molar-refractivity contribution in [1.82, 2.24) is 5.32 Å². The van der Waals surface area contributed by atoms with Crippen LogP contribution in [0.25, 0.3) is 0 Å². The van der Waals surface area contributed by atoms with Crippen LogP contribution in [0.5, 0.6) is 0 Å². The van der Waals surface area contributed by atoms with Crippen molar-refractivity contribution in [2.45, 2.75) is 38.1 Å². The average Bonchev–Trinajstić information content (AvgIpc) is 2.64. The summed E-state index contributed by atoms with van der Waals surface area (Å²) in [7, 11) is 0. The molecule has 3 N–H and O–H groups in total. The maximum absolute atomic E-state index is 11.5. The minimum Gasteiger partial charge on any atom is -0.391 e. The van der Waals surface area contributed by atoms with Crippen LogP contribution in [0, 0.1) is 0 Å². The Balaban J connectivity index is 2.52. The van der Waals surface area contributed by atoms with E-state index < -0.39 is 5.54 Å². The molecule has 1 rings (SSSR count). The predicted molar refractivity (Wildman–Crippen MR) is 62.6 cm³/mol. The van der Waals surface area contributed by atoms with Gasteiger partial charge in [-0.1, -0.05) is 25.1 Å². The van der Waals surface area contributed by atoms with Crippen molar-refractivity contribution in [3.05, 3.63) is 0 Å². The Morgan fingerprint density at radius 3 is 2.60 bits per heavy atom. The zero-order valence-corrected chi connectivity index (χ0v) is 9.86. The summed E-state index contributed by atoms with van der Waals surface area (Å²) in [5.41, 5.74) is 5.23. The van der Waals surface area contributed by atoms with Crippen LogP contribution >= 0.6 is 12.2 Å². The molecule has 0 unspecified atom stereocenters. The molecule has 0 spiro atoms. The number of hydrogen-bond acceptors (Lipinski definition) is 3. The first kappa shape index (κ1) is 12.4. The number of rotatable bonds is 5. The second-order valence-corrected chi connectivity index (χ2v) is 4.28. The van der Waals surface area contributed by atoms with Gasteiger partial charge in [-0.05, 0) is 19.8 Å². The molecule has 0 aromatic heterocycles. The first-order valence-corrected chi connectivity index (χ1v) is 5.70. The molecule has 0 atom stereocenters. The molecule has 1 amide bonds. The van der Waals surface area contributed by atoms with E-state index in [-0.39, 0.29) is 12.5 Å². The van der Waals surface area contributed by atoms with Crippen LogP contribution in [0.3, 0.4) is 0 Å². The average molecular weight is 230 g/mol. The Bertz CT molecular complexity index is 250. The van der Waals surface area contributed by atoms with Crippen molar-refractivity contribution in [2.75, 3.05) is 13.2 Å². The van der Waals surface area contributed by atoms with E-state index in [1.807, 2.05) is 6.92 Å². The largest absolute Gasteiger partial charge is 0.391 e. The molecule has 0 radical (unpaired) electrons. The lowest BCUT2D eigenvalue weighted by molar-refractivity contribution is -0.126. The molecule has 1 saturated carbocycles. The smallest absolute Gasteiger partial charge is 0.246 e. The summed E-state index contributed by atoms with van der Waals surface area (Å²) in [6, 6.07) is 0. The Hall–Kier alpha value is -0.680. The fourth-order valence-corrected chi connectivity index (χ4v) is 2.16. The Kier molecular flexibility index (Phi) is 4.47. The molecule has 1 fully saturated rings. The van der Waals surface area contributed by atoms with E-state index in [2.05, 4.69) is 5.32 Å². The highest BCUT2D eigenvalue weighted by atomic mass is 32.1. The van der Waals surface area contributed by atoms with Crippen molar-refractivity contribution in [3.63, 3.8) is 0 Å². The number of nitrogens with two attached hydrogens (primary N) is 1. The SMILES string of the molecule is CCOCC(=O)NC1(C(N)=S)CCCC1. The number of thiocarbonyl (C=S) groups is 1. The van der Waals surface area contributed by atoms with Gasteiger partial charge in [-0.2, -0.15) is 0 Å². The van der Waals surface area contributed by atoms with E-state index in [0.717, 1.165) is 25.7 Å². The van der Waals surface area contributed by atoms with Crippen molar-refractivity contribution >= 4 is 23.1 Å². The maximum atomic E-state index is 11.5. The quantitative estimate of drug-likeness (QED) is 0.684. The summed E-state index contributed by atoms with van der Waals surface area (Å²) in [5.74, 6) is -0.133. The molecule has 4 nitrogen and oxygen atoms in total. The summed E-state index contributed by atoms with van der Waals surface area (Å²) < 4.78 is 5.03. The van der Waals surface area contributed by atoms with E-state index in [1.165, 1.54) is 0 Å². The molecule has 0 heterocycles. The monoisotopic (exact) mass is 230 g/mol. The highest BCUT2D eigenvalue weighted by Crippen LogP contribution is 2.29. The van der Waals surface area contributed by atoms with Crippen molar-refractivity contribution in [3.8, 4) is 0 Å². The Labute approximate surface area is 95.5 Å². The molecule has 86 valence electrons. The van der Waals surface area contributed by atoms with E-state index in [4.69, 9.17) is 22.7 Å². The summed E-state index contributed by atoms with van der Waals surface area (Å²) in [4.78, 5) is 11.9. The normalized spacial score (nSPS) is 18.7. The van der Waals surface area contributed by atoms with Crippen molar-refractivity contribution in [1.29, 1.82) is 0 Å². The van der Waals surface area contributed by atoms with Gasteiger partial charge in [0.25, 0.3) is 0 Å². The number of amides is 1. The highest BCUT2D eigenvalue weighted by molar-refractivity contribution is 7.80. The molecule has 1 aliphatic carbocycles. The zero-order chi connectivity index (χ0) is 11.3. The molecule has 0 aromatic carbocycles. The van der Waals surface area contributed by atoms with Gasteiger partial charge in [-0.15, -0.1) is 0 Å². The van der Waals surface area contributed by atoms with Crippen LogP contribution < -0.4 is 11.1 Å². The lowest BCUT2D eigenvalue weighted by Gasteiger charge is -2.28. The van der Waals surface area contributed by atoms with E-state index in [1.54, 1.807) is 0 Å². The minimum atomic E-state index is -0.455. The van der Waals surface area contributed by atoms with Gasteiger partial charge in [-0.25, -0.2) is 0 Å². The summed E-state index contributed by atoms with van der Waals surface area (Å²) >= 11 is 5.02. The topological polar surface area (TPSA) is 64.3 Å². The third kappa shape index (κ3) is 3.14. The molecular weight excluding hydrogens is 212 g/mol. The maximum Gasteiger partial charge on any atom is 0.246 e. The van der Waals surface area contributed by atoms with Gasteiger partial charge in [-0.3, -0.25) is 4.79 Å². The Morgan fingerprint density at radius 1 is 1.53 bits per heavy atom. The van der Waals surface area contributed by atoms with Gasteiger partial charge in [0.1, 0.15) is 6.61 Å². The second-order valence-electron chi connectivity index (χ2n) is 3.84. The van der Waals surface area contributed by atoms with Crippen molar-refractivity contribution in [2.24, 2.45) is 5.73 Å². The van der Waals surface area contributed by atoms with E-state index in [9.17, 15) is 4.79 Å². The lowest BCUT2D eigenvalue weighted by atomic mass is 9.97. The van der Waals surface area contributed by atoms with Gasteiger partial charge in [0, 0.05) is 6.61 Å². The minimum absolute atomic E-state index is 0.0842. The van der Waals surface area contributed by atoms with E-state index >= 15 is 0 Å². The molecule has 0 aromatic rings. The highest BCUT2D eigenvalue weighted by Gasteiger charge is 2.37. The van der Waals surface area contributed by atoms with E-state index in [0.29, 0.717) is 11.6 Å². The number of hydrogen-bond donors (Lipinski definition) is 2. The first-order valence-electron chi connectivity index (χ1n) is 5.29. The first-order chi connectivity index (χ1) is 7.10. The number of nitrogens with one attached hydrogen (secondary N) is 1. The second kappa shape index (κ2) is 5.42.